The zero-order valence-corrected chi connectivity index (χ0v) is 21.9. The predicted molar refractivity (Wildman–Crippen MR) is 138 cm³/mol. The number of nitrogens with zero attached hydrogens (tertiary/aromatic N) is 1. The van der Waals surface area contributed by atoms with E-state index in [1.165, 1.54) is 0 Å². The van der Waals surface area contributed by atoms with Gasteiger partial charge in [0.25, 0.3) is 0 Å². The molecule has 8 nitrogen and oxygen atoms in total. The Hall–Kier alpha value is -2.05. The normalized spacial score (nSPS) is 14.2. The molecule has 0 aromatic heterocycles. The first-order valence-electron chi connectivity index (χ1n) is 10.2. The van der Waals surface area contributed by atoms with Gasteiger partial charge in [-0.25, -0.2) is 13.1 Å². The molecule has 2 aromatic carbocycles. The first-order chi connectivity index (χ1) is 14.7. The third kappa shape index (κ3) is 7.24. The van der Waals surface area contributed by atoms with Crippen LogP contribution in [0.1, 0.15) is 32.8 Å². The zero-order valence-electron chi connectivity index (χ0n) is 18.8. The number of sulfonamides is 1. The lowest BCUT2D eigenvalue weighted by Gasteiger charge is -2.22. The first kappa shape index (κ1) is 26.2. The highest BCUT2D eigenvalue weighted by Gasteiger charge is 2.24. The summed E-state index contributed by atoms with van der Waals surface area (Å²) in [5.41, 5.74) is 0.849. The Bertz CT molecular complexity index is 1050. The number of halogens is 1. The summed E-state index contributed by atoms with van der Waals surface area (Å²) in [7, 11) is -2.00. The third-order valence-corrected chi connectivity index (χ3v) is 6.24. The van der Waals surface area contributed by atoms with Crippen molar-refractivity contribution >= 4 is 45.6 Å². The molecule has 1 aliphatic rings. The molecule has 0 unspecified atom stereocenters. The topological polar surface area (TPSA) is 101 Å². The number of nitrogens with one attached hydrogen (secondary N) is 3. The Morgan fingerprint density at radius 2 is 1.75 bits per heavy atom. The molecule has 0 fully saturated rings. The number of rotatable bonds is 5. The van der Waals surface area contributed by atoms with Crippen molar-refractivity contribution in [2.75, 3.05) is 25.6 Å². The van der Waals surface area contributed by atoms with Gasteiger partial charge in [0.15, 0.2) is 17.5 Å². The average Bonchev–Trinajstić information content (AvgIpc) is 2.94. The van der Waals surface area contributed by atoms with Crippen molar-refractivity contribution in [3.63, 3.8) is 0 Å². The van der Waals surface area contributed by atoms with Gasteiger partial charge in [-0.2, -0.15) is 0 Å². The highest BCUT2D eigenvalue weighted by Crippen LogP contribution is 2.32. The molecule has 0 saturated carbocycles. The molecule has 0 spiro atoms. The molecule has 176 valence electrons. The minimum absolute atomic E-state index is 0. The molecule has 32 heavy (non-hydrogen) atoms. The van der Waals surface area contributed by atoms with E-state index in [0.717, 1.165) is 17.9 Å². The second-order valence-corrected chi connectivity index (χ2v) is 9.88. The molecular weight excluding hydrogens is 543 g/mol. The van der Waals surface area contributed by atoms with Gasteiger partial charge in [0, 0.05) is 37.3 Å². The van der Waals surface area contributed by atoms with Gasteiger partial charge in [0.2, 0.25) is 10.0 Å². The third-order valence-electron chi connectivity index (χ3n) is 4.38. The number of aliphatic imine (C=N–C) groups is 1. The Kier molecular flexibility index (Phi) is 9.17. The van der Waals surface area contributed by atoms with Crippen LogP contribution in [0.5, 0.6) is 11.5 Å². The molecule has 0 radical (unpaired) electrons. The lowest BCUT2D eigenvalue weighted by Crippen LogP contribution is -2.41. The summed E-state index contributed by atoms with van der Waals surface area (Å²) in [5, 5.41) is 6.38. The summed E-state index contributed by atoms with van der Waals surface area (Å²) in [6.07, 6.45) is 0.840. The number of anilines is 1. The molecule has 3 rings (SSSR count). The van der Waals surface area contributed by atoms with Crippen LogP contribution in [0, 0.1) is 0 Å². The van der Waals surface area contributed by atoms with Gasteiger partial charge in [-0.05, 0) is 44.5 Å². The van der Waals surface area contributed by atoms with E-state index < -0.39 is 15.6 Å². The monoisotopic (exact) mass is 574 g/mol. The van der Waals surface area contributed by atoms with Crippen LogP contribution in [0.15, 0.2) is 52.4 Å². The second-order valence-electron chi connectivity index (χ2n) is 8.23. The molecule has 0 aliphatic carbocycles. The molecule has 3 N–H and O–H groups in total. The van der Waals surface area contributed by atoms with E-state index in [9.17, 15) is 8.42 Å². The largest absolute Gasteiger partial charge is 0.490 e. The molecule has 2 aromatic rings. The van der Waals surface area contributed by atoms with Crippen molar-refractivity contribution in [3.8, 4) is 11.5 Å². The van der Waals surface area contributed by atoms with Crippen LogP contribution >= 0.6 is 24.0 Å². The van der Waals surface area contributed by atoms with Gasteiger partial charge in [-0.1, -0.05) is 18.2 Å². The van der Waals surface area contributed by atoms with E-state index in [-0.39, 0.29) is 35.4 Å². The molecule has 0 bridgehead atoms. The van der Waals surface area contributed by atoms with Crippen LogP contribution in [0.3, 0.4) is 0 Å². The lowest BCUT2D eigenvalue weighted by atomic mass is 10.1. The fourth-order valence-electron chi connectivity index (χ4n) is 3.11. The minimum Gasteiger partial charge on any atom is -0.490 e. The molecular formula is C22H31IN4O4S. The summed E-state index contributed by atoms with van der Waals surface area (Å²) in [5.74, 6) is 1.91. The van der Waals surface area contributed by atoms with E-state index in [4.69, 9.17) is 9.47 Å². The summed E-state index contributed by atoms with van der Waals surface area (Å²) in [6, 6.07) is 12.5. The number of benzene rings is 2. The van der Waals surface area contributed by atoms with Crippen molar-refractivity contribution in [3.05, 3.63) is 48.0 Å². The summed E-state index contributed by atoms with van der Waals surface area (Å²) in [4.78, 5) is 4.48. The van der Waals surface area contributed by atoms with E-state index in [0.29, 0.717) is 30.5 Å². The summed E-state index contributed by atoms with van der Waals surface area (Å²) < 4.78 is 39.7. The van der Waals surface area contributed by atoms with Crippen LogP contribution in [0.2, 0.25) is 0 Å². The van der Waals surface area contributed by atoms with Crippen LogP contribution < -0.4 is 24.8 Å². The molecule has 1 heterocycles. The van der Waals surface area contributed by atoms with Crippen LogP contribution in [0.4, 0.5) is 5.69 Å². The quantitative estimate of drug-likeness (QED) is 0.286. The van der Waals surface area contributed by atoms with Gasteiger partial charge in [0.1, 0.15) is 0 Å². The van der Waals surface area contributed by atoms with Crippen molar-refractivity contribution in [2.45, 2.75) is 44.2 Å². The highest BCUT2D eigenvalue weighted by atomic mass is 127. The Morgan fingerprint density at radius 3 is 2.44 bits per heavy atom. The number of fused-ring (bicyclic) bond motifs is 1. The summed E-state index contributed by atoms with van der Waals surface area (Å²) >= 11 is 0. The number of hydrogen-bond donors (Lipinski definition) is 3. The maximum absolute atomic E-state index is 12.8. The zero-order chi connectivity index (χ0) is 22.5. The van der Waals surface area contributed by atoms with Gasteiger partial charge < -0.3 is 20.1 Å². The van der Waals surface area contributed by atoms with Crippen LogP contribution in [0.25, 0.3) is 0 Å². The Balaban J connectivity index is 0.00000363. The number of guanidine groups is 1. The van der Waals surface area contributed by atoms with E-state index >= 15 is 0 Å². The maximum atomic E-state index is 12.8. The van der Waals surface area contributed by atoms with Crippen molar-refractivity contribution in [2.24, 2.45) is 4.99 Å². The first-order valence-corrected chi connectivity index (χ1v) is 11.7. The molecule has 0 saturated heterocycles. The molecule has 0 amide bonds. The van der Waals surface area contributed by atoms with Crippen molar-refractivity contribution in [1.82, 2.24) is 10.0 Å². The fourth-order valence-corrected chi connectivity index (χ4v) is 4.77. The van der Waals surface area contributed by atoms with Crippen LogP contribution in [-0.2, 0) is 16.6 Å². The lowest BCUT2D eigenvalue weighted by molar-refractivity contribution is 0.297. The standard InChI is InChI=1S/C22H30N4O4S.HI/c1-22(2,3)26-31(27,28)20-9-6-5-8-16(20)15-24-21(23-4)25-17-10-11-18-19(14-17)30-13-7-12-29-18;/h5-6,8-11,14,26H,7,12-13,15H2,1-4H3,(H2,23,24,25);1H. The second kappa shape index (κ2) is 11.2. The number of ether oxygens (including phenoxy) is 2. The average molecular weight is 574 g/mol. The molecule has 10 heteroatoms. The van der Waals surface area contributed by atoms with E-state index in [2.05, 4.69) is 20.3 Å². The highest BCUT2D eigenvalue weighted by molar-refractivity contribution is 14.0. The van der Waals surface area contributed by atoms with Gasteiger partial charge in [-0.3, -0.25) is 4.99 Å². The van der Waals surface area contributed by atoms with Gasteiger partial charge in [-0.15, -0.1) is 24.0 Å². The van der Waals surface area contributed by atoms with Crippen LogP contribution in [-0.4, -0.2) is 40.2 Å². The maximum Gasteiger partial charge on any atom is 0.241 e. The van der Waals surface area contributed by atoms with Crippen molar-refractivity contribution in [1.29, 1.82) is 0 Å². The minimum atomic E-state index is -3.66. The fraction of sp³-hybridized carbons (Fsp3) is 0.409. The van der Waals surface area contributed by atoms with E-state index in [1.807, 2.05) is 45.0 Å². The van der Waals surface area contributed by atoms with Gasteiger partial charge in [0.05, 0.1) is 18.1 Å². The van der Waals surface area contributed by atoms with Crippen molar-refractivity contribution < 1.29 is 17.9 Å². The Labute approximate surface area is 207 Å². The summed E-state index contributed by atoms with van der Waals surface area (Å²) in [6.45, 7) is 6.96. The molecule has 0 atom stereocenters. The van der Waals surface area contributed by atoms with Gasteiger partial charge >= 0.3 is 0 Å². The van der Waals surface area contributed by atoms with E-state index in [1.54, 1.807) is 25.2 Å². The smallest absolute Gasteiger partial charge is 0.241 e. The molecule has 1 aliphatic heterocycles. The number of hydrogen-bond acceptors (Lipinski definition) is 5. The Morgan fingerprint density at radius 1 is 1.06 bits per heavy atom. The predicted octanol–water partition coefficient (Wildman–Crippen LogP) is 3.73. The SMILES string of the molecule is CN=C(NCc1ccccc1S(=O)(=O)NC(C)(C)C)Nc1ccc2c(c1)OCCCO2.I.